The zero-order chi connectivity index (χ0) is 21.2. The zero-order valence-corrected chi connectivity index (χ0v) is 18.4. The molecule has 0 aromatic heterocycles. The predicted molar refractivity (Wildman–Crippen MR) is 114 cm³/mol. The molecule has 2 aromatic carbocycles. The number of aryl methyl sites for hydroxylation is 1. The second-order valence-electron chi connectivity index (χ2n) is 6.92. The average molecular weight is 457 g/mol. The van der Waals surface area contributed by atoms with Gasteiger partial charge in [-0.1, -0.05) is 29.3 Å². The highest BCUT2D eigenvalue weighted by molar-refractivity contribution is 7.89. The molecule has 0 bridgehead atoms. The first-order chi connectivity index (χ1) is 13.7. The highest BCUT2D eigenvalue weighted by Gasteiger charge is 2.32. The number of benzene rings is 2. The fourth-order valence-electron chi connectivity index (χ4n) is 3.28. The van der Waals surface area contributed by atoms with E-state index in [1.54, 1.807) is 12.1 Å². The lowest BCUT2D eigenvalue weighted by atomic mass is 9.97. The van der Waals surface area contributed by atoms with Crippen molar-refractivity contribution in [3.63, 3.8) is 0 Å². The number of carbonyl (C=O) groups excluding carboxylic acids is 1. The summed E-state index contributed by atoms with van der Waals surface area (Å²) in [6.07, 6.45) is 0.878. The molecule has 3 rings (SSSR count). The van der Waals surface area contributed by atoms with Crippen LogP contribution < -0.4 is 10.1 Å². The maximum Gasteiger partial charge on any atom is 0.243 e. The molecule has 0 radical (unpaired) electrons. The van der Waals surface area contributed by atoms with Gasteiger partial charge in [-0.05, 0) is 55.7 Å². The third-order valence-corrected chi connectivity index (χ3v) is 7.47. The highest BCUT2D eigenvalue weighted by atomic mass is 35.5. The second kappa shape index (κ2) is 8.92. The molecule has 6 nitrogen and oxygen atoms in total. The molecule has 1 aliphatic heterocycles. The largest absolute Gasteiger partial charge is 0.495 e. The van der Waals surface area contributed by atoms with E-state index in [4.69, 9.17) is 27.9 Å². The molecule has 0 unspecified atom stereocenters. The average Bonchev–Trinajstić information content (AvgIpc) is 2.70. The summed E-state index contributed by atoms with van der Waals surface area (Å²) in [5.74, 6) is 0.0245. The molecule has 1 saturated heterocycles. The molecule has 0 aliphatic carbocycles. The summed E-state index contributed by atoms with van der Waals surface area (Å²) < 4.78 is 32.3. The van der Waals surface area contributed by atoms with E-state index < -0.39 is 10.0 Å². The number of ether oxygens (including phenoxy) is 1. The van der Waals surface area contributed by atoms with Crippen molar-refractivity contribution in [1.82, 2.24) is 4.31 Å². The van der Waals surface area contributed by atoms with Crippen LogP contribution in [-0.2, 0) is 14.8 Å². The van der Waals surface area contributed by atoms with Gasteiger partial charge in [0.15, 0.2) is 0 Å². The maximum atomic E-state index is 12.9. The molecule has 29 heavy (non-hydrogen) atoms. The van der Waals surface area contributed by atoms with Crippen molar-refractivity contribution < 1.29 is 17.9 Å². The fraction of sp³-hybridized carbons (Fsp3) is 0.350. The first-order valence-corrected chi connectivity index (χ1v) is 11.3. The number of piperidine rings is 1. The number of anilines is 1. The summed E-state index contributed by atoms with van der Waals surface area (Å²) in [6.45, 7) is 2.41. The lowest BCUT2D eigenvalue weighted by molar-refractivity contribution is -0.120. The van der Waals surface area contributed by atoms with Gasteiger partial charge in [0.25, 0.3) is 0 Å². The quantitative estimate of drug-likeness (QED) is 0.725. The topological polar surface area (TPSA) is 75.7 Å². The molecule has 1 N–H and O–H groups in total. The summed E-state index contributed by atoms with van der Waals surface area (Å²) in [5.41, 5.74) is 1.59. The molecular weight excluding hydrogens is 435 g/mol. The molecule has 1 fully saturated rings. The van der Waals surface area contributed by atoms with Crippen molar-refractivity contribution in [3.05, 3.63) is 52.0 Å². The van der Waals surface area contributed by atoms with Gasteiger partial charge in [-0.15, -0.1) is 0 Å². The molecule has 1 amide bonds. The number of halogens is 2. The molecule has 9 heteroatoms. The number of sulfonamides is 1. The molecule has 1 heterocycles. The van der Waals surface area contributed by atoms with Gasteiger partial charge in [0.1, 0.15) is 5.75 Å². The van der Waals surface area contributed by atoms with Crippen LogP contribution in [0.3, 0.4) is 0 Å². The van der Waals surface area contributed by atoms with Crippen LogP contribution in [-0.4, -0.2) is 38.8 Å². The number of hydrogen-bond acceptors (Lipinski definition) is 4. The van der Waals surface area contributed by atoms with Crippen LogP contribution in [0.15, 0.2) is 41.3 Å². The number of methoxy groups -OCH3 is 1. The SMILES string of the molecule is COc1ccc(S(=O)(=O)N2CCC(C(=O)Nc3cc(Cl)ccc3C)CC2)cc1Cl. The number of hydrogen-bond donors (Lipinski definition) is 1. The highest BCUT2D eigenvalue weighted by Crippen LogP contribution is 2.30. The van der Waals surface area contributed by atoms with Crippen LogP contribution in [0.25, 0.3) is 0 Å². The van der Waals surface area contributed by atoms with E-state index in [0.717, 1.165) is 5.56 Å². The minimum atomic E-state index is -3.69. The zero-order valence-electron chi connectivity index (χ0n) is 16.1. The normalized spacial score (nSPS) is 15.9. The Hall–Kier alpha value is -1.80. The lowest BCUT2D eigenvalue weighted by Gasteiger charge is -2.30. The van der Waals surface area contributed by atoms with E-state index in [9.17, 15) is 13.2 Å². The van der Waals surface area contributed by atoms with Gasteiger partial charge < -0.3 is 10.1 Å². The Balaban J connectivity index is 1.65. The van der Waals surface area contributed by atoms with E-state index in [2.05, 4.69) is 5.32 Å². The summed E-state index contributed by atoms with van der Waals surface area (Å²) in [6, 6.07) is 9.70. The smallest absolute Gasteiger partial charge is 0.243 e. The van der Waals surface area contributed by atoms with Crippen LogP contribution in [0.1, 0.15) is 18.4 Å². The number of amides is 1. The van der Waals surface area contributed by atoms with E-state index in [1.807, 2.05) is 13.0 Å². The van der Waals surface area contributed by atoms with Gasteiger partial charge in [-0.2, -0.15) is 4.31 Å². The maximum absolute atomic E-state index is 12.9. The molecule has 2 aromatic rings. The molecule has 0 saturated carbocycles. The van der Waals surface area contributed by atoms with Crippen molar-refractivity contribution in [1.29, 1.82) is 0 Å². The number of rotatable bonds is 5. The van der Waals surface area contributed by atoms with E-state index in [0.29, 0.717) is 29.3 Å². The number of carbonyl (C=O) groups is 1. The number of nitrogens with zero attached hydrogens (tertiary/aromatic N) is 1. The second-order valence-corrected chi connectivity index (χ2v) is 9.70. The van der Waals surface area contributed by atoms with Crippen LogP contribution in [0, 0.1) is 12.8 Å². The predicted octanol–water partition coefficient (Wildman–Crippen LogP) is 4.35. The molecule has 1 aliphatic rings. The van der Waals surface area contributed by atoms with Crippen LogP contribution in [0.4, 0.5) is 5.69 Å². The minimum Gasteiger partial charge on any atom is -0.495 e. The molecular formula is C20H22Cl2N2O4S. The van der Waals surface area contributed by atoms with Crippen molar-refractivity contribution >= 4 is 44.8 Å². The number of nitrogens with one attached hydrogen (secondary N) is 1. The van der Waals surface area contributed by atoms with Crippen LogP contribution in [0.2, 0.25) is 10.0 Å². The molecule has 0 spiro atoms. The summed E-state index contributed by atoms with van der Waals surface area (Å²) in [5, 5.41) is 3.69. The van der Waals surface area contributed by atoms with Crippen molar-refractivity contribution in [2.24, 2.45) is 5.92 Å². The van der Waals surface area contributed by atoms with Crippen LogP contribution >= 0.6 is 23.2 Å². The van der Waals surface area contributed by atoms with Crippen molar-refractivity contribution in [2.45, 2.75) is 24.7 Å². The van der Waals surface area contributed by atoms with Crippen molar-refractivity contribution in [3.8, 4) is 5.75 Å². The summed E-state index contributed by atoms with van der Waals surface area (Å²) in [7, 11) is -2.22. The molecule has 156 valence electrons. The first-order valence-electron chi connectivity index (χ1n) is 9.13. The Labute approximate surface area is 180 Å². The first kappa shape index (κ1) is 21.9. The summed E-state index contributed by atoms with van der Waals surface area (Å²) in [4.78, 5) is 12.7. The molecule has 0 atom stereocenters. The monoisotopic (exact) mass is 456 g/mol. The lowest BCUT2D eigenvalue weighted by Crippen LogP contribution is -2.41. The fourth-order valence-corrected chi connectivity index (χ4v) is 5.27. The van der Waals surface area contributed by atoms with E-state index in [1.165, 1.54) is 29.6 Å². The van der Waals surface area contributed by atoms with Gasteiger partial charge in [-0.3, -0.25) is 4.79 Å². The third kappa shape index (κ3) is 4.86. The summed E-state index contributed by atoms with van der Waals surface area (Å²) >= 11 is 12.1. The van der Waals surface area contributed by atoms with E-state index >= 15 is 0 Å². The Morgan fingerprint density at radius 1 is 1.14 bits per heavy atom. The Kier molecular flexibility index (Phi) is 6.73. The standard InChI is InChI=1S/C20H22Cl2N2O4S/c1-13-3-4-15(21)11-18(13)23-20(25)14-7-9-24(10-8-14)29(26,27)16-5-6-19(28-2)17(22)12-16/h3-6,11-12,14H,7-10H2,1-2H3,(H,23,25). The Morgan fingerprint density at radius 2 is 1.83 bits per heavy atom. The van der Waals surface area contributed by atoms with Gasteiger partial charge >= 0.3 is 0 Å². The van der Waals surface area contributed by atoms with Gasteiger partial charge in [-0.25, -0.2) is 8.42 Å². The minimum absolute atomic E-state index is 0.112. The Morgan fingerprint density at radius 3 is 2.45 bits per heavy atom. The Bertz CT molecular complexity index is 1020. The third-order valence-electron chi connectivity index (χ3n) is 5.04. The van der Waals surface area contributed by atoms with Crippen molar-refractivity contribution in [2.75, 3.05) is 25.5 Å². The van der Waals surface area contributed by atoms with Gasteiger partial charge in [0, 0.05) is 29.7 Å². The van der Waals surface area contributed by atoms with Crippen LogP contribution in [0.5, 0.6) is 5.75 Å². The van der Waals surface area contributed by atoms with Gasteiger partial charge in [0.2, 0.25) is 15.9 Å². The van der Waals surface area contributed by atoms with E-state index in [-0.39, 0.29) is 34.8 Å². The van der Waals surface area contributed by atoms with Gasteiger partial charge in [0.05, 0.1) is 17.0 Å².